The molecule has 3 rings (SSSR count). The summed E-state index contributed by atoms with van der Waals surface area (Å²) >= 11 is 0. The van der Waals surface area contributed by atoms with Gasteiger partial charge in [-0.05, 0) is 18.2 Å². The molecule has 0 bridgehead atoms. The number of aromatic nitrogens is 1. The van der Waals surface area contributed by atoms with Crippen LogP contribution in [0.2, 0.25) is 0 Å². The molecule has 23 heavy (non-hydrogen) atoms. The largest absolute Gasteiger partial charge is 1.00 e. The Bertz CT molecular complexity index is 737. The summed E-state index contributed by atoms with van der Waals surface area (Å²) in [5, 5.41) is 11.3. The predicted octanol–water partition coefficient (Wildman–Crippen LogP) is -0.378. The van der Waals surface area contributed by atoms with Gasteiger partial charge >= 0.3 is 51.4 Å². The molecule has 3 aromatic rings. The number of hydrogen-bond donors (Lipinski definition) is 0. The maximum Gasteiger partial charge on any atom is 1.00 e. The number of nitrogens with zero attached hydrogens (tertiary/aromatic N) is 1. The molecule has 112 valence electrons. The Morgan fingerprint density at radius 2 is 1.52 bits per heavy atom. The van der Waals surface area contributed by atoms with E-state index in [1.165, 1.54) is 12.1 Å². The molecular formula is C17H14KNO4. The van der Waals surface area contributed by atoms with E-state index in [9.17, 15) is 5.11 Å². The minimum Gasteiger partial charge on any atom is -0.872 e. The van der Waals surface area contributed by atoms with E-state index in [4.69, 9.17) is 9.47 Å². The van der Waals surface area contributed by atoms with E-state index in [2.05, 4.69) is 11.1 Å². The van der Waals surface area contributed by atoms with Gasteiger partial charge in [-0.1, -0.05) is 18.2 Å². The van der Waals surface area contributed by atoms with Crippen molar-refractivity contribution in [2.45, 2.75) is 0 Å². The van der Waals surface area contributed by atoms with Crippen molar-refractivity contribution in [1.82, 2.24) is 4.98 Å². The number of ether oxygens (including phenoxy) is 2. The molecule has 0 aliphatic carbocycles. The molecule has 3 N–H and O–H groups in total. The minimum absolute atomic E-state index is 0. The molecule has 0 aliphatic rings. The second-order valence-corrected chi connectivity index (χ2v) is 4.23. The van der Waals surface area contributed by atoms with Crippen LogP contribution in [-0.4, -0.2) is 4.98 Å². The molecule has 0 unspecified atom stereocenters. The van der Waals surface area contributed by atoms with Crippen LogP contribution in [0.15, 0.2) is 66.7 Å². The van der Waals surface area contributed by atoms with Gasteiger partial charge in [0.25, 0.3) is 0 Å². The Kier molecular flexibility index (Phi) is 8.25. The maximum absolute atomic E-state index is 11.3. The fraction of sp³-hybridized carbons (Fsp3) is 0. The molecule has 0 saturated carbocycles. The van der Waals surface area contributed by atoms with E-state index >= 15 is 0 Å². The van der Waals surface area contributed by atoms with Gasteiger partial charge in [0, 0.05) is 11.8 Å². The zero-order valence-corrected chi connectivity index (χ0v) is 15.7. The van der Waals surface area contributed by atoms with Gasteiger partial charge in [0.2, 0.25) is 11.8 Å². The number of benzene rings is 2. The number of pyridine rings is 1. The molecule has 0 spiro atoms. The van der Waals surface area contributed by atoms with Crippen molar-refractivity contribution in [3.05, 3.63) is 72.8 Å². The van der Waals surface area contributed by atoms with Crippen LogP contribution in [-0.2, 0) is 5.48 Å². The quantitative estimate of drug-likeness (QED) is 0.369. The first-order valence-electron chi connectivity index (χ1n) is 6.35. The van der Waals surface area contributed by atoms with Crippen molar-refractivity contribution in [2.75, 3.05) is 0 Å². The fourth-order valence-corrected chi connectivity index (χ4v) is 1.73. The SMILES string of the molecule is [K+].[O-]c1cccc(Oc2cccc(Oc3c[c-]ccc3)n2)c1.[OH3+]. The molecule has 0 radical (unpaired) electrons. The maximum atomic E-state index is 11.3. The summed E-state index contributed by atoms with van der Waals surface area (Å²) in [5.74, 6) is 1.74. The Morgan fingerprint density at radius 1 is 0.870 bits per heavy atom. The van der Waals surface area contributed by atoms with Gasteiger partial charge < -0.3 is 20.1 Å². The van der Waals surface area contributed by atoms with Crippen molar-refractivity contribution >= 4 is 0 Å². The van der Waals surface area contributed by atoms with E-state index in [-0.39, 0.29) is 62.6 Å². The van der Waals surface area contributed by atoms with Crippen LogP contribution >= 0.6 is 0 Å². The summed E-state index contributed by atoms with van der Waals surface area (Å²) in [6.07, 6.45) is 0. The van der Waals surface area contributed by atoms with Crippen LogP contribution in [0, 0.1) is 6.07 Å². The van der Waals surface area contributed by atoms with E-state index in [1.807, 2.05) is 12.1 Å². The Balaban J connectivity index is 0.00000132. The smallest absolute Gasteiger partial charge is 0.872 e. The van der Waals surface area contributed by atoms with Crippen LogP contribution < -0.4 is 66.0 Å². The first-order valence-corrected chi connectivity index (χ1v) is 6.35. The summed E-state index contributed by atoms with van der Waals surface area (Å²) in [6.45, 7) is 0. The van der Waals surface area contributed by atoms with Crippen LogP contribution in [0.1, 0.15) is 0 Å². The van der Waals surface area contributed by atoms with Crippen LogP contribution in [0.3, 0.4) is 0 Å². The van der Waals surface area contributed by atoms with Gasteiger partial charge in [-0.25, -0.2) is 0 Å². The number of rotatable bonds is 4. The summed E-state index contributed by atoms with van der Waals surface area (Å²) in [7, 11) is 0. The molecule has 0 atom stereocenters. The zero-order chi connectivity index (χ0) is 14.5. The summed E-state index contributed by atoms with van der Waals surface area (Å²) < 4.78 is 11.1. The van der Waals surface area contributed by atoms with Gasteiger partial charge in [-0.2, -0.15) is 23.2 Å². The van der Waals surface area contributed by atoms with Crippen LogP contribution in [0.5, 0.6) is 29.0 Å². The summed E-state index contributed by atoms with van der Waals surface area (Å²) in [4.78, 5) is 4.23. The number of hydrogen-bond acceptors (Lipinski definition) is 4. The normalized spacial score (nSPS) is 9.22. The third-order valence-corrected chi connectivity index (χ3v) is 2.63. The average Bonchev–Trinajstić information content (AvgIpc) is 2.49. The monoisotopic (exact) mass is 335 g/mol. The second-order valence-electron chi connectivity index (χ2n) is 4.23. The van der Waals surface area contributed by atoms with Crippen molar-refractivity contribution in [3.63, 3.8) is 0 Å². The molecule has 1 aromatic heterocycles. The van der Waals surface area contributed by atoms with Crippen molar-refractivity contribution in [1.29, 1.82) is 0 Å². The topological polar surface area (TPSA) is 87.4 Å². The van der Waals surface area contributed by atoms with E-state index in [0.29, 0.717) is 23.3 Å². The van der Waals surface area contributed by atoms with Gasteiger partial charge in [0.1, 0.15) is 5.75 Å². The van der Waals surface area contributed by atoms with Crippen molar-refractivity contribution in [2.24, 2.45) is 0 Å². The molecule has 0 aliphatic heterocycles. The second kappa shape index (κ2) is 9.66. The predicted molar refractivity (Wildman–Crippen MR) is 80.4 cm³/mol. The molecule has 5 nitrogen and oxygen atoms in total. The summed E-state index contributed by atoms with van der Waals surface area (Å²) in [5.41, 5.74) is 0. The fourth-order valence-electron chi connectivity index (χ4n) is 1.73. The van der Waals surface area contributed by atoms with Crippen molar-refractivity contribution in [3.8, 4) is 29.0 Å². The first kappa shape index (κ1) is 19.6. The Morgan fingerprint density at radius 3 is 2.17 bits per heavy atom. The van der Waals surface area contributed by atoms with E-state index in [1.54, 1.807) is 42.5 Å². The van der Waals surface area contributed by atoms with Crippen LogP contribution in [0.25, 0.3) is 0 Å². The molecule has 0 amide bonds. The Labute approximate surface area is 176 Å². The van der Waals surface area contributed by atoms with E-state index in [0.717, 1.165) is 0 Å². The molecule has 6 heteroatoms. The standard InChI is InChI=1S/C17H12NO3.K.H2O/c19-13-6-4-9-15(12-13)21-17-11-5-10-16(18-17)20-14-7-2-1-3-8-14;;/h1-2,4-12,19H;;1H2/q-1;+1;. The molecule has 0 saturated heterocycles. The van der Waals surface area contributed by atoms with Gasteiger partial charge in [-0.15, -0.1) is 17.9 Å². The molecule has 0 fully saturated rings. The zero-order valence-electron chi connectivity index (χ0n) is 12.6. The third kappa shape index (κ3) is 5.95. The first-order chi connectivity index (χ1) is 10.3. The van der Waals surface area contributed by atoms with Gasteiger partial charge in [-0.3, -0.25) is 0 Å². The minimum atomic E-state index is -0.111. The van der Waals surface area contributed by atoms with Gasteiger partial charge in [0.05, 0.1) is 0 Å². The third-order valence-electron chi connectivity index (χ3n) is 2.63. The van der Waals surface area contributed by atoms with E-state index < -0.39 is 0 Å². The summed E-state index contributed by atoms with van der Waals surface area (Å²) in [6, 6.07) is 21.5. The molecule has 1 heterocycles. The average molecular weight is 335 g/mol. The molecule has 2 aromatic carbocycles. The van der Waals surface area contributed by atoms with Crippen LogP contribution in [0.4, 0.5) is 0 Å². The van der Waals surface area contributed by atoms with Gasteiger partial charge in [0.15, 0.2) is 0 Å². The Hall–Kier alpha value is -1.41. The van der Waals surface area contributed by atoms with Crippen molar-refractivity contribution < 1.29 is 71.4 Å². The molecular weight excluding hydrogens is 321 g/mol.